The Morgan fingerprint density at radius 1 is 1.10 bits per heavy atom. The van der Waals surface area contributed by atoms with Crippen LogP contribution in [-0.2, 0) is 19.7 Å². The summed E-state index contributed by atoms with van der Waals surface area (Å²) in [5.74, 6) is 0.0171. The van der Waals surface area contributed by atoms with Gasteiger partial charge >= 0.3 is 0 Å². The Hall–Kier alpha value is -0.700. The van der Waals surface area contributed by atoms with Crippen LogP contribution < -0.4 is 5.32 Å². The standard InChI is InChI=1S/C12H21N3O4S/c16-11-12(2-1-4-13-11)3-5-15(10-12)20(17,18)14-6-8-19-9-7-14/h1-10H2,(H,13,16). The van der Waals surface area contributed by atoms with Gasteiger partial charge in [-0.2, -0.15) is 17.0 Å². The van der Waals surface area contributed by atoms with E-state index in [1.807, 2.05) is 0 Å². The fourth-order valence-corrected chi connectivity index (χ4v) is 4.96. The first-order valence-electron chi connectivity index (χ1n) is 7.16. The molecule has 1 atom stereocenters. The molecule has 114 valence electrons. The zero-order valence-electron chi connectivity index (χ0n) is 11.5. The molecule has 3 heterocycles. The summed E-state index contributed by atoms with van der Waals surface area (Å²) in [7, 11) is -3.45. The van der Waals surface area contributed by atoms with Gasteiger partial charge in [-0.15, -0.1) is 0 Å². The summed E-state index contributed by atoms with van der Waals surface area (Å²) in [6.45, 7) is 3.15. The Kier molecular flexibility index (Phi) is 3.74. The van der Waals surface area contributed by atoms with Gasteiger partial charge in [-0.25, -0.2) is 0 Å². The van der Waals surface area contributed by atoms with Crippen molar-refractivity contribution in [1.82, 2.24) is 13.9 Å². The molecular weight excluding hydrogens is 282 g/mol. The highest BCUT2D eigenvalue weighted by Gasteiger charge is 2.49. The van der Waals surface area contributed by atoms with Crippen molar-refractivity contribution in [3.05, 3.63) is 0 Å². The molecule has 3 aliphatic rings. The van der Waals surface area contributed by atoms with Crippen LogP contribution in [0.3, 0.4) is 0 Å². The molecule has 1 amide bonds. The largest absolute Gasteiger partial charge is 0.379 e. The highest BCUT2D eigenvalue weighted by Crippen LogP contribution is 2.38. The first-order valence-corrected chi connectivity index (χ1v) is 8.56. The molecule has 1 spiro atoms. The van der Waals surface area contributed by atoms with Gasteiger partial charge in [0.2, 0.25) is 5.91 Å². The van der Waals surface area contributed by atoms with Crippen LogP contribution in [0.4, 0.5) is 0 Å². The van der Waals surface area contributed by atoms with Gasteiger partial charge in [-0.3, -0.25) is 4.79 Å². The van der Waals surface area contributed by atoms with E-state index in [0.717, 1.165) is 12.8 Å². The molecule has 0 bridgehead atoms. The van der Waals surface area contributed by atoms with E-state index in [1.54, 1.807) is 0 Å². The van der Waals surface area contributed by atoms with Crippen LogP contribution in [0.15, 0.2) is 0 Å². The zero-order valence-corrected chi connectivity index (χ0v) is 12.3. The van der Waals surface area contributed by atoms with Crippen molar-refractivity contribution < 1.29 is 17.9 Å². The van der Waals surface area contributed by atoms with E-state index in [1.165, 1.54) is 8.61 Å². The molecule has 3 saturated heterocycles. The SMILES string of the molecule is O=C1NCCCC12CCN(S(=O)(=O)N1CCOCC1)C2. The number of carbonyl (C=O) groups excluding carboxylic acids is 1. The Balaban J connectivity index is 1.74. The Morgan fingerprint density at radius 3 is 2.55 bits per heavy atom. The molecule has 1 N–H and O–H groups in total. The van der Waals surface area contributed by atoms with Gasteiger partial charge in [-0.05, 0) is 19.3 Å². The van der Waals surface area contributed by atoms with E-state index in [9.17, 15) is 13.2 Å². The normalized spacial score (nSPS) is 33.5. The first-order chi connectivity index (χ1) is 9.55. The number of nitrogens with zero attached hydrogens (tertiary/aromatic N) is 2. The third kappa shape index (κ3) is 2.34. The minimum atomic E-state index is -3.45. The third-order valence-electron chi connectivity index (χ3n) is 4.54. The monoisotopic (exact) mass is 303 g/mol. The van der Waals surface area contributed by atoms with Gasteiger partial charge in [-0.1, -0.05) is 0 Å². The lowest BCUT2D eigenvalue weighted by molar-refractivity contribution is -0.132. The molecule has 3 fully saturated rings. The van der Waals surface area contributed by atoms with Crippen molar-refractivity contribution in [2.45, 2.75) is 19.3 Å². The second-order valence-electron chi connectivity index (χ2n) is 5.74. The van der Waals surface area contributed by atoms with E-state index >= 15 is 0 Å². The molecule has 0 aromatic rings. The number of amides is 1. The van der Waals surface area contributed by atoms with Gasteiger partial charge in [0.05, 0.1) is 18.6 Å². The predicted octanol–water partition coefficient (Wildman–Crippen LogP) is -0.834. The summed E-state index contributed by atoms with van der Waals surface area (Å²) < 4.78 is 33.3. The highest BCUT2D eigenvalue weighted by atomic mass is 32.2. The van der Waals surface area contributed by atoms with Gasteiger partial charge in [0.15, 0.2) is 0 Å². The number of ether oxygens (including phenoxy) is 1. The van der Waals surface area contributed by atoms with Crippen LogP contribution in [0.1, 0.15) is 19.3 Å². The van der Waals surface area contributed by atoms with Crippen LogP contribution in [0.25, 0.3) is 0 Å². The molecule has 0 aliphatic carbocycles. The average Bonchev–Trinajstić information content (AvgIpc) is 2.89. The number of carbonyl (C=O) groups is 1. The number of rotatable bonds is 2. The van der Waals surface area contributed by atoms with E-state index in [0.29, 0.717) is 52.4 Å². The quantitative estimate of drug-likeness (QED) is 0.722. The topological polar surface area (TPSA) is 79.0 Å². The Labute approximate surface area is 119 Å². The van der Waals surface area contributed by atoms with E-state index in [4.69, 9.17) is 4.74 Å². The molecule has 8 heteroatoms. The molecule has 7 nitrogen and oxygen atoms in total. The smallest absolute Gasteiger partial charge is 0.282 e. The van der Waals surface area contributed by atoms with Crippen LogP contribution in [-0.4, -0.2) is 68.9 Å². The summed E-state index contributed by atoms with van der Waals surface area (Å²) >= 11 is 0. The van der Waals surface area contributed by atoms with Gasteiger partial charge in [0.1, 0.15) is 0 Å². The minimum Gasteiger partial charge on any atom is -0.379 e. The molecule has 1 unspecified atom stereocenters. The van der Waals surface area contributed by atoms with Crippen LogP contribution >= 0.6 is 0 Å². The van der Waals surface area contributed by atoms with Gasteiger partial charge in [0, 0.05) is 32.7 Å². The molecule has 0 saturated carbocycles. The molecule has 20 heavy (non-hydrogen) atoms. The fourth-order valence-electron chi connectivity index (χ4n) is 3.29. The zero-order chi connectivity index (χ0) is 14.2. The number of nitrogens with one attached hydrogen (secondary N) is 1. The highest BCUT2D eigenvalue weighted by molar-refractivity contribution is 7.86. The fraction of sp³-hybridized carbons (Fsp3) is 0.917. The minimum absolute atomic E-state index is 0.0171. The lowest BCUT2D eigenvalue weighted by Crippen LogP contribution is -2.51. The maximum atomic E-state index is 12.6. The Bertz CT molecular complexity index is 489. The molecule has 3 rings (SSSR count). The lowest BCUT2D eigenvalue weighted by Gasteiger charge is -2.33. The lowest BCUT2D eigenvalue weighted by atomic mass is 9.79. The van der Waals surface area contributed by atoms with Crippen molar-refractivity contribution in [1.29, 1.82) is 0 Å². The van der Waals surface area contributed by atoms with E-state index in [-0.39, 0.29) is 5.91 Å². The van der Waals surface area contributed by atoms with Crippen molar-refractivity contribution in [2.24, 2.45) is 5.41 Å². The molecule has 0 radical (unpaired) electrons. The second-order valence-corrected chi connectivity index (χ2v) is 7.67. The van der Waals surface area contributed by atoms with Crippen molar-refractivity contribution in [2.75, 3.05) is 45.9 Å². The Morgan fingerprint density at radius 2 is 1.85 bits per heavy atom. The summed E-state index contributed by atoms with van der Waals surface area (Å²) in [5, 5.41) is 2.87. The number of hydrogen-bond acceptors (Lipinski definition) is 4. The molecule has 0 aromatic heterocycles. The molecule has 0 aromatic carbocycles. The van der Waals surface area contributed by atoms with E-state index in [2.05, 4.69) is 5.32 Å². The van der Waals surface area contributed by atoms with E-state index < -0.39 is 15.6 Å². The number of morpholine rings is 1. The van der Waals surface area contributed by atoms with Crippen molar-refractivity contribution in [3.8, 4) is 0 Å². The first kappa shape index (κ1) is 14.2. The van der Waals surface area contributed by atoms with Crippen LogP contribution in [0, 0.1) is 5.41 Å². The van der Waals surface area contributed by atoms with Crippen LogP contribution in [0.5, 0.6) is 0 Å². The maximum Gasteiger partial charge on any atom is 0.282 e. The van der Waals surface area contributed by atoms with Gasteiger partial charge < -0.3 is 10.1 Å². The number of piperidine rings is 1. The summed E-state index contributed by atoms with van der Waals surface area (Å²) in [4.78, 5) is 12.1. The summed E-state index contributed by atoms with van der Waals surface area (Å²) in [6.07, 6.45) is 2.34. The maximum absolute atomic E-state index is 12.6. The van der Waals surface area contributed by atoms with Gasteiger partial charge in [0.25, 0.3) is 10.2 Å². The summed E-state index contributed by atoms with van der Waals surface area (Å²) in [5.41, 5.74) is -0.502. The van der Waals surface area contributed by atoms with Crippen molar-refractivity contribution in [3.63, 3.8) is 0 Å². The van der Waals surface area contributed by atoms with Crippen LogP contribution in [0.2, 0.25) is 0 Å². The number of hydrogen-bond donors (Lipinski definition) is 1. The molecule has 3 aliphatic heterocycles. The molecular formula is C12H21N3O4S. The second kappa shape index (κ2) is 5.25. The third-order valence-corrected chi connectivity index (χ3v) is 6.52. The van der Waals surface area contributed by atoms with Crippen molar-refractivity contribution >= 4 is 16.1 Å². The summed E-state index contributed by atoms with van der Waals surface area (Å²) in [6, 6.07) is 0. The average molecular weight is 303 g/mol. The predicted molar refractivity (Wildman–Crippen MR) is 72.2 cm³/mol.